The molecule has 2 aromatic heterocycles. The van der Waals surface area contributed by atoms with Crippen LogP contribution in [-0.4, -0.2) is 53.4 Å². The normalized spacial score (nSPS) is 24.2. The Morgan fingerprint density at radius 2 is 1.65 bits per heavy atom. The number of esters is 1. The second-order valence-corrected chi connectivity index (χ2v) is 11.9. The van der Waals surface area contributed by atoms with Crippen LogP contribution in [0, 0.1) is 11.8 Å². The summed E-state index contributed by atoms with van der Waals surface area (Å²) in [6, 6.07) is 7.83. The molecule has 0 amide bonds. The van der Waals surface area contributed by atoms with Crippen LogP contribution < -0.4 is 0 Å². The van der Waals surface area contributed by atoms with Gasteiger partial charge < -0.3 is 19.8 Å². The molecule has 188 valence electrons. The number of thiophene rings is 2. The Bertz CT molecular complexity index is 835. The van der Waals surface area contributed by atoms with Crippen molar-refractivity contribution in [3.63, 3.8) is 0 Å². The van der Waals surface area contributed by atoms with Gasteiger partial charge in [0.05, 0.1) is 9.75 Å². The molecule has 2 aliphatic carbocycles. The topological polar surface area (TPSA) is 70.0 Å². The van der Waals surface area contributed by atoms with Gasteiger partial charge in [0.25, 0.3) is 0 Å². The van der Waals surface area contributed by atoms with Crippen LogP contribution in [0.25, 0.3) is 0 Å². The molecule has 2 fully saturated rings. The number of ether oxygens (including phenoxy) is 1. The highest BCUT2D eigenvalue weighted by Crippen LogP contribution is 2.49. The first kappa shape index (κ1) is 25.8. The van der Waals surface area contributed by atoms with Gasteiger partial charge in [-0.1, -0.05) is 44.2 Å². The third-order valence-corrected chi connectivity index (χ3v) is 9.75. The van der Waals surface area contributed by atoms with E-state index in [4.69, 9.17) is 9.84 Å². The van der Waals surface area contributed by atoms with Crippen LogP contribution in [0.3, 0.4) is 0 Å². The van der Waals surface area contributed by atoms with E-state index in [2.05, 4.69) is 11.9 Å². The fraction of sp³-hybridized carbons (Fsp3) is 0.667. The quantitative estimate of drug-likeness (QED) is 0.265. The molecule has 2 heterocycles. The van der Waals surface area contributed by atoms with Crippen molar-refractivity contribution in [3.05, 3.63) is 44.8 Å². The standard InChI is InChI=1S/C27H39NO4S2/c1-28(15-7-5-3-2-4-6-8-16-29)25-20-13-14-21(25)22(19-20)32-26(30)27(31,23-11-9-17-33-23)24-12-10-18-34-24/h9-12,17-18,20-22,25,29,31H,2-8,13-16,19H2,1H3/t20-,21+,22+,25-/m0/s1. The molecule has 0 spiro atoms. The van der Waals surface area contributed by atoms with Crippen molar-refractivity contribution in [2.24, 2.45) is 11.8 Å². The number of carbonyl (C=O) groups excluding carboxylic acids is 1. The molecule has 5 nitrogen and oxygen atoms in total. The minimum Gasteiger partial charge on any atom is -0.459 e. The summed E-state index contributed by atoms with van der Waals surface area (Å²) >= 11 is 2.78. The van der Waals surface area contributed by atoms with E-state index in [1.807, 2.05) is 35.0 Å². The van der Waals surface area contributed by atoms with Crippen LogP contribution in [0.2, 0.25) is 0 Å². The number of nitrogens with zero attached hydrogens (tertiary/aromatic N) is 1. The number of hydrogen-bond donors (Lipinski definition) is 2. The maximum absolute atomic E-state index is 13.4. The lowest BCUT2D eigenvalue weighted by Gasteiger charge is -2.31. The van der Waals surface area contributed by atoms with Crippen molar-refractivity contribution in [1.29, 1.82) is 0 Å². The molecule has 0 aromatic carbocycles. The lowest BCUT2D eigenvalue weighted by molar-refractivity contribution is -0.170. The van der Waals surface area contributed by atoms with Gasteiger partial charge in [0.2, 0.25) is 5.60 Å². The average molecular weight is 506 g/mol. The van der Waals surface area contributed by atoms with Gasteiger partial charge in [0, 0.05) is 18.6 Å². The Balaban J connectivity index is 1.30. The highest BCUT2D eigenvalue weighted by molar-refractivity contribution is 7.12. The van der Waals surface area contributed by atoms with Gasteiger partial charge in [-0.3, -0.25) is 0 Å². The number of aliphatic hydroxyl groups is 2. The van der Waals surface area contributed by atoms with Crippen LogP contribution >= 0.6 is 22.7 Å². The predicted molar refractivity (Wildman–Crippen MR) is 138 cm³/mol. The number of fused-ring (bicyclic) bond motifs is 2. The smallest absolute Gasteiger partial charge is 0.349 e. The summed E-state index contributed by atoms with van der Waals surface area (Å²) in [5.74, 6) is 0.397. The molecule has 0 unspecified atom stereocenters. The Morgan fingerprint density at radius 3 is 2.24 bits per heavy atom. The molecule has 2 aromatic rings. The first-order chi connectivity index (χ1) is 16.6. The minimum absolute atomic E-state index is 0.114. The monoisotopic (exact) mass is 505 g/mol. The van der Waals surface area contributed by atoms with E-state index >= 15 is 0 Å². The number of aliphatic hydroxyl groups excluding tert-OH is 1. The van der Waals surface area contributed by atoms with Crippen LogP contribution in [0.1, 0.15) is 74.0 Å². The Kier molecular flexibility index (Phi) is 9.22. The van der Waals surface area contributed by atoms with Gasteiger partial charge in [-0.2, -0.15) is 0 Å². The van der Waals surface area contributed by atoms with Gasteiger partial charge in [-0.15, -0.1) is 22.7 Å². The molecule has 0 radical (unpaired) electrons. The molecule has 34 heavy (non-hydrogen) atoms. The van der Waals surface area contributed by atoms with Crippen molar-refractivity contribution >= 4 is 28.6 Å². The van der Waals surface area contributed by atoms with Crippen molar-refractivity contribution in [2.75, 3.05) is 20.2 Å². The number of rotatable bonds is 14. The zero-order valence-electron chi connectivity index (χ0n) is 20.2. The molecule has 2 aliphatic rings. The van der Waals surface area contributed by atoms with Crippen LogP contribution in [-0.2, 0) is 15.1 Å². The molecule has 2 bridgehead atoms. The van der Waals surface area contributed by atoms with E-state index < -0.39 is 11.6 Å². The predicted octanol–water partition coefficient (Wildman–Crippen LogP) is 5.41. The average Bonchev–Trinajstić information content (AvgIpc) is 3.65. The molecular formula is C27H39NO4S2. The zero-order valence-corrected chi connectivity index (χ0v) is 21.9. The Hall–Kier alpha value is -1.25. The first-order valence-corrected chi connectivity index (χ1v) is 14.6. The second-order valence-electron chi connectivity index (χ2n) is 10.0. The zero-order chi connectivity index (χ0) is 24.0. The van der Waals surface area contributed by atoms with Gasteiger partial charge in [-0.25, -0.2) is 4.79 Å². The largest absolute Gasteiger partial charge is 0.459 e. The fourth-order valence-electron chi connectivity index (χ4n) is 6.08. The van der Waals surface area contributed by atoms with E-state index in [0.29, 0.717) is 34.2 Å². The van der Waals surface area contributed by atoms with Crippen molar-refractivity contribution < 1.29 is 19.7 Å². The van der Waals surface area contributed by atoms with Crippen LogP contribution in [0.5, 0.6) is 0 Å². The summed E-state index contributed by atoms with van der Waals surface area (Å²) in [5.41, 5.74) is -1.72. The molecule has 2 N–H and O–H groups in total. The van der Waals surface area contributed by atoms with Gasteiger partial charge in [0.15, 0.2) is 0 Å². The Labute approximate surface area is 211 Å². The molecule has 2 saturated carbocycles. The third-order valence-electron chi connectivity index (χ3n) is 7.79. The van der Waals surface area contributed by atoms with Gasteiger partial charge in [0.1, 0.15) is 6.10 Å². The van der Waals surface area contributed by atoms with E-state index in [1.165, 1.54) is 61.2 Å². The van der Waals surface area contributed by atoms with Crippen LogP contribution in [0.15, 0.2) is 35.0 Å². The SMILES string of the molecule is CN(CCCCCCCCCO)[C@H]1[C@H]2CC[C@@H]1[C@H](OC(=O)C(O)(c1cccs1)c1cccs1)C2. The molecule has 4 atom stereocenters. The second kappa shape index (κ2) is 12.1. The molecule has 0 saturated heterocycles. The third kappa shape index (κ3) is 5.59. The summed E-state index contributed by atoms with van der Waals surface area (Å²) in [6.07, 6.45) is 11.4. The summed E-state index contributed by atoms with van der Waals surface area (Å²) in [5, 5.41) is 24.2. The maximum atomic E-state index is 13.4. The van der Waals surface area contributed by atoms with Crippen LogP contribution in [0.4, 0.5) is 0 Å². The number of unbranched alkanes of at least 4 members (excludes halogenated alkanes) is 6. The van der Waals surface area contributed by atoms with E-state index in [9.17, 15) is 9.90 Å². The van der Waals surface area contributed by atoms with Gasteiger partial charge >= 0.3 is 5.97 Å². The Morgan fingerprint density at radius 1 is 1.03 bits per heavy atom. The summed E-state index contributed by atoms with van der Waals surface area (Å²) in [4.78, 5) is 17.2. The molecule has 4 rings (SSSR count). The molecule has 0 aliphatic heterocycles. The van der Waals surface area contributed by atoms with E-state index in [1.54, 1.807) is 0 Å². The maximum Gasteiger partial charge on any atom is 0.349 e. The summed E-state index contributed by atoms with van der Waals surface area (Å²) in [7, 11) is 2.23. The van der Waals surface area contributed by atoms with Crippen molar-refractivity contribution in [2.45, 2.75) is 82.0 Å². The number of hydrogen-bond acceptors (Lipinski definition) is 7. The minimum atomic E-state index is -1.72. The van der Waals surface area contributed by atoms with Crippen molar-refractivity contribution in [3.8, 4) is 0 Å². The molecular weight excluding hydrogens is 466 g/mol. The van der Waals surface area contributed by atoms with E-state index in [0.717, 1.165) is 32.2 Å². The molecule has 7 heteroatoms. The number of carbonyl (C=O) groups is 1. The first-order valence-electron chi connectivity index (χ1n) is 12.9. The van der Waals surface area contributed by atoms with Crippen molar-refractivity contribution in [1.82, 2.24) is 4.90 Å². The highest BCUT2D eigenvalue weighted by Gasteiger charge is 2.53. The van der Waals surface area contributed by atoms with E-state index in [-0.39, 0.29) is 6.10 Å². The summed E-state index contributed by atoms with van der Waals surface area (Å²) in [6.45, 7) is 1.40. The highest BCUT2D eigenvalue weighted by atomic mass is 32.1. The lowest BCUT2D eigenvalue weighted by atomic mass is 9.96. The van der Waals surface area contributed by atoms with Gasteiger partial charge in [-0.05, 0) is 74.5 Å². The summed E-state index contributed by atoms with van der Waals surface area (Å²) < 4.78 is 6.11. The lowest BCUT2D eigenvalue weighted by Crippen LogP contribution is -2.42. The fourth-order valence-corrected chi connectivity index (χ4v) is 7.79.